The van der Waals surface area contributed by atoms with Crippen molar-refractivity contribution >= 4 is 50.8 Å². The van der Waals surface area contributed by atoms with E-state index in [1.165, 1.54) is 23.1 Å². The van der Waals surface area contributed by atoms with E-state index in [-0.39, 0.29) is 11.5 Å². The number of fused-ring (bicyclic) bond motifs is 3. The number of thiophene rings is 1. The molecule has 1 aliphatic carbocycles. The van der Waals surface area contributed by atoms with Crippen LogP contribution in [0.5, 0.6) is 0 Å². The number of thioether (sulfide) groups is 1. The van der Waals surface area contributed by atoms with E-state index in [0.29, 0.717) is 23.0 Å². The lowest BCUT2D eigenvalue weighted by molar-refractivity contribution is -0.115. The lowest BCUT2D eigenvalue weighted by Crippen LogP contribution is -2.27. The van der Waals surface area contributed by atoms with E-state index < -0.39 is 11.2 Å². The van der Waals surface area contributed by atoms with E-state index in [9.17, 15) is 14.4 Å². The highest BCUT2D eigenvalue weighted by Gasteiger charge is 2.23. The fourth-order valence-electron chi connectivity index (χ4n) is 3.95. The predicted molar refractivity (Wildman–Crippen MR) is 134 cm³/mol. The lowest BCUT2D eigenvalue weighted by atomic mass is 10.1. The topological polar surface area (TPSA) is 107 Å². The summed E-state index contributed by atoms with van der Waals surface area (Å²) in [7, 11) is 0. The summed E-state index contributed by atoms with van der Waals surface area (Å²) in [5, 5.41) is 3.57. The number of amides is 2. The van der Waals surface area contributed by atoms with Crippen LogP contribution in [0.4, 0.5) is 5.69 Å². The Balaban J connectivity index is 1.61. The van der Waals surface area contributed by atoms with Gasteiger partial charge in [0.1, 0.15) is 4.83 Å². The molecular formula is C24H26N4O3S2. The van der Waals surface area contributed by atoms with Gasteiger partial charge in [0.25, 0.3) is 5.56 Å². The van der Waals surface area contributed by atoms with E-state index in [4.69, 9.17) is 10.7 Å². The van der Waals surface area contributed by atoms with Crippen molar-refractivity contribution in [2.75, 3.05) is 5.32 Å². The fraction of sp³-hybridized carbons (Fsp3) is 0.333. The van der Waals surface area contributed by atoms with Crippen molar-refractivity contribution in [1.82, 2.24) is 9.55 Å². The number of allylic oxidation sites excluding steroid dienone is 1. The quantitative estimate of drug-likeness (QED) is 0.228. The van der Waals surface area contributed by atoms with Crippen LogP contribution in [0.15, 0.2) is 46.9 Å². The van der Waals surface area contributed by atoms with Gasteiger partial charge in [0.05, 0.1) is 10.6 Å². The van der Waals surface area contributed by atoms with Gasteiger partial charge >= 0.3 is 0 Å². The maximum absolute atomic E-state index is 13.4. The first-order valence-electron chi connectivity index (χ1n) is 10.9. The monoisotopic (exact) mass is 482 g/mol. The molecular weight excluding hydrogens is 456 g/mol. The number of rotatable bonds is 7. The number of carbonyl (C=O) groups excluding carboxylic acids is 2. The zero-order valence-electron chi connectivity index (χ0n) is 18.4. The number of carbonyl (C=O) groups is 2. The molecule has 1 atom stereocenters. The minimum atomic E-state index is -0.524. The molecule has 0 aliphatic heterocycles. The Bertz CT molecular complexity index is 1280. The summed E-state index contributed by atoms with van der Waals surface area (Å²) in [6.07, 6.45) is 7.00. The van der Waals surface area contributed by atoms with Crippen molar-refractivity contribution in [3.8, 4) is 0 Å². The zero-order valence-corrected chi connectivity index (χ0v) is 20.1. The minimum Gasteiger partial charge on any atom is -0.366 e. The molecule has 2 heterocycles. The van der Waals surface area contributed by atoms with Gasteiger partial charge < -0.3 is 11.1 Å². The van der Waals surface area contributed by atoms with E-state index in [2.05, 4.69) is 11.9 Å². The van der Waals surface area contributed by atoms with Gasteiger partial charge in [-0.15, -0.1) is 17.9 Å². The summed E-state index contributed by atoms with van der Waals surface area (Å²) < 4.78 is 1.61. The fourth-order valence-corrected chi connectivity index (χ4v) is 6.17. The van der Waals surface area contributed by atoms with E-state index >= 15 is 0 Å². The summed E-state index contributed by atoms with van der Waals surface area (Å²) in [6, 6.07) is 6.39. The molecule has 1 aromatic carbocycles. The Morgan fingerprint density at radius 3 is 2.70 bits per heavy atom. The number of anilines is 1. The number of nitrogens with two attached hydrogens (primary N) is 1. The van der Waals surface area contributed by atoms with Gasteiger partial charge in [-0.25, -0.2) is 4.98 Å². The van der Waals surface area contributed by atoms with Crippen molar-refractivity contribution in [1.29, 1.82) is 0 Å². The second-order valence-electron chi connectivity index (χ2n) is 8.03. The van der Waals surface area contributed by atoms with Crippen LogP contribution in [0.3, 0.4) is 0 Å². The van der Waals surface area contributed by atoms with E-state index in [1.54, 1.807) is 53.2 Å². The maximum atomic E-state index is 13.4. The minimum absolute atomic E-state index is 0.0588. The highest BCUT2D eigenvalue weighted by molar-refractivity contribution is 8.00. The summed E-state index contributed by atoms with van der Waals surface area (Å²) >= 11 is 2.86. The van der Waals surface area contributed by atoms with Crippen LogP contribution in [0.25, 0.3) is 10.2 Å². The normalized spacial score (nSPS) is 14.3. The molecule has 0 bridgehead atoms. The highest BCUT2D eigenvalue weighted by atomic mass is 32.2. The van der Waals surface area contributed by atoms with Gasteiger partial charge in [-0.1, -0.05) is 24.3 Å². The van der Waals surface area contributed by atoms with Gasteiger partial charge in [0.15, 0.2) is 5.16 Å². The number of nitrogens with zero attached hydrogens (tertiary/aromatic N) is 2. The molecule has 9 heteroatoms. The number of aryl methyl sites for hydroxylation is 2. The van der Waals surface area contributed by atoms with Gasteiger partial charge in [-0.2, -0.15) is 0 Å². The van der Waals surface area contributed by atoms with Gasteiger partial charge in [-0.3, -0.25) is 19.0 Å². The molecule has 4 rings (SSSR count). The Morgan fingerprint density at radius 1 is 1.27 bits per heavy atom. The Kier molecular flexibility index (Phi) is 6.99. The Morgan fingerprint density at radius 2 is 2.00 bits per heavy atom. The van der Waals surface area contributed by atoms with Crippen LogP contribution < -0.4 is 16.6 Å². The van der Waals surface area contributed by atoms with E-state index in [1.807, 2.05) is 0 Å². The molecule has 0 radical (unpaired) electrons. The third-order valence-corrected chi connectivity index (χ3v) is 7.97. The third kappa shape index (κ3) is 4.89. The van der Waals surface area contributed by atoms with Crippen LogP contribution in [0, 0.1) is 0 Å². The second-order valence-corrected chi connectivity index (χ2v) is 10.4. The first-order valence-corrected chi connectivity index (χ1v) is 12.6. The van der Waals surface area contributed by atoms with Crippen molar-refractivity contribution in [3.05, 3.63) is 63.3 Å². The van der Waals surface area contributed by atoms with Crippen molar-refractivity contribution in [2.45, 2.75) is 56.0 Å². The number of nitrogens with one attached hydrogen (secondary N) is 1. The molecule has 0 saturated carbocycles. The predicted octanol–water partition coefficient (Wildman–Crippen LogP) is 4.13. The molecule has 0 saturated heterocycles. The van der Waals surface area contributed by atoms with Crippen LogP contribution in [0.1, 0.15) is 47.0 Å². The number of benzene rings is 1. The molecule has 2 aromatic heterocycles. The Labute approximate surface area is 200 Å². The van der Waals surface area contributed by atoms with Gasteiger partial charge in [-0.05, 0) is 62.4 Å². The summed E-state index contributed by atoms with van der Waals surface area (Å²) in [6.45, 7) is 5.90. The van der Waals surface area contributed by atoms with Crippen LogP contribution >= 0.6 is 23.1 Å². The molecule has 3 aromatic rings. The molecule has 2 amide bonds. The van der Waals surface area contributed by atoms with Gasteiger partial charge in [0, 0.05) is 22.7 Å². The summed E-state index contributed by atoms with van der Waals surface area (Å²) in [4.78, 5) is 44.3. The molecule has 7 nitrogen and oxygen atoms in total. The maximum Gasteiger partial charge on any atom is 0.263 e. The SMILES string of the molecule is C=CCn1c(SC(C)C(=O)Nc2ccc(C(N)=O)cc2)nc2sc3c(c2c1=O)CCCCC3. The summed E-state index contributed by atoms with van der Waals surface area (Å²) in [5.74, 6) is -0.752. The first kappa shape index (κ1) is 23.3. The number of hydrogen-bond donors (Lipinski definition) is 2. The highest BCUT2D eigenvalue weighted by Crippen LogP contribution is 2.34. The molecule has 1 aliphatic rings. The van der Waals surface area contributed by atoms with Crippen LogP contribution in [0.2, 0.25) is 0 Å². The van der Waals surface area contributed by atoms with Crippen molar-refractivity contribution in [3.63, 3.8) is 0 Å². The molecule has 172 valence electrons. The van der Waals surface area contributed by atoms with Gasteiger partial charge in [0.2, 0.25) is 11.8 Å². The average Bonchev–Trinajstić information content (AvgIpc) is 2.97. The number of aromatic nitrogens is 2. The smallest absolute Gasteiger partial charge is 0.263 e. The number of primary amides is 1. The standard InChI is InChI=1S/C24H26N4O3S2/c1-3-13-28-23(31)19-17-7-5-4-6-8-18(17)33-22(19)27-24(28)32-14(2)21(30)26-16-11-9-15(10-12-16)20(25)29/h3,9-12,14H,1,4-8,13H2,2H3,(H2,25,29)(H,26,30). The average molecular weight is 483 g/mol. The third-order valence-electron chi connectivity index (χ3n) is 5.69. The lowest BCUT2D eigenvalue weighted by Gasteiger charge is -2.15. The molecule has 33 heavy (non-hydrogen) atoms. The number of hydrogen-bond acceptors (Lipinski definition) is 6. The van der Waals surface area contributed by atoms with Crippen LogP contribution in [-0.2, 0) is 24.2 Å². The van der Waals surface area contributed by atoms with Crippen molar-refractivity contribution < 1.29 is 9.59 Å². The van der Waals surface area contributed by atoms with Crippen molar-refractivity contribution in [2.24, 2.45) is 5.73 Å². The molecule has 1 unspecified atom stereocenters. The second kappa shape index (κ2) is 9.93. The molecule has 0 spiro atoms. The molecule has 0 fully saturated rings. The first-order chi connectivity index (χ1) is 15.9. The van der Waals surface area contributed by atoms with E-state index in [0.717, 1.165) is 41.5 Å². The summed E-state index contributed by atoms with van der Waals surface area (Å²) in [5.41, 5.74) is 7.29. The molecule has 3 N–H and O–H groups in total. The largest absolute Gasteiger partial charge is 0.366 e. The Hall–Kier alpha value is -2.91. The zero-order chi connectivity index (χ0) is 23.5. The van der Waals surface area contributed by atoms with Crippen LogP contribution in [-0.4, -0.2) is 26.6 Å².